The Balaban J connectivity index is 1.76. The molecule has 1 aromatic carbocycles. The molecule has 0 fully saturated rings. The van der Waals surface area contributed by atoms with E-state index in [1.54, 1.807) is 0 Å². The van der Waals surface area contributed by atoms with E-state index >= 15 is 0 Å². The van der Waals surface area contributed by atoms with Crippen molar-refractivity contribution in [3.8, 4) is 11.4 Å². The zero-order valence-electron chi connectivity index (χ0n) is 20.9. The van der Waals surface area contributed by atoms with Crippen LogP contribution in [0, 0.1) is 5.92 Å². The van der Waals surface area contributed by atoms with E-state index in [-0.39, 0.29) is 46.6 Å². The Morgan fingerprint density at radius 2 is 1.62 bits per heavy atom. The summed E-state index contributed by atoms with van der Waals surface area (Å²) in [6, 6.07) is 8.59. The van der Waals surface area contributed by atoms with Crippen LogP contribution in [-0.2, 0) is 27.4 Å². The lowest BCUT2D eigenvalue weighted by Crippen LogP contribution is -2.23. The predicted molar refractivity (Wildman–Crippen MR) is 133 cm³/mol. The third-order valence-corrected chi connectivity index (χ3v) is 6.88. The van der Waals surface area contributed by atoms with Gasteiger partial charge < -0.3 is 10.1 Å². The van der Waals surface area contributed by atoms with Crippen LogP contribution in [0.4, 0.5) is 37.8 Å². The molecule has 15 heteroatoms. The van der Waals surface area contributed by atoms with E-state index in [9.17, 15) is 34.8 Å². The van der Waals surface area contributed by atoms with Crippen LogP contribution in [0.1, 0.15) is 25.2 Å². The zero-order chi connectivity index (χ0) is 29.3. The van der Waals surface area contributed by atoms with Gasteiger partial charge in [-0.15, -0.1) is 0 Å². The summed E-state index contributed by atoms with van der Waals surface area (Å²) >= 11 is 0. The standard InChI is InChI=1S/C25H21F6N5O3S/c1-14(2)12-39-13-20-35-22(33-15-5-7-16(8-6-15)40(37,38)25(29,30)31)17-9-10-19(34-23(17)36-20)21-18(24(26,27)28)4-3-11-32-21/h3-11,14H,12-13H2,1-2H3,(H,33,34,35,36). The van der Waals surface area contributed by atoms with Crippen molar-refractivity contribution in [3.05, 3.63) is 66.1 Å². The third kappa shape index (κ3) is 6.31. The molecule has 40 heavy (non-hydrogen) atoms. The number of nitrogens with zero attached hydrogens (tertiary/aromatic N) is 4. The molecule has 0 saturated carbocycles. The monoisotopic (exact) mass is 585 g/mol. The van der Waals surface area contributed by atoms with Gasteiger partial charge in [0.15, 0.2) is 11.5 Å². The second kappa shape index (κ2) is 11.0. The average molecular weight is 586 g/mol. The molecule has 3 aromatic heterocycles. The second-order valence-corrected chi connectivity index (χ2v) is 10.9. The lowest BCUT2D eigenvalue weighted by atomic mass is 10.1. The summed E-state index contributed by atoms with van der Waals surface area (Å²) in [5, 5.41) is 3.15. The molecule has 0 saturated heterocycles. The fourth-order valence-corrected chi connectivity index (χ4v) is 4.32. The molecule has 212 valence electrons. The maximum absolute atomic E-state index is 13.6. The Kier molecular flexibility index (Phi) is 7.99. The third-order valence-electron chi connectivity index (χ3n) is 5.38. The van der Waals surface area contributed by atoms with Crippen LogP contribution >= 0.6 is 0 Å². The number of hydrogen-bond donors (Lipinski definition) is 1. The number of halogens is 6. The van der Waals surface area contributed by atoms with Crippen molar-refractivity contribution in [2.75, 3.05) is 11.9 Å². The summed E-state index contributed by atoms with van der Waals surface area (Å²) in [5.41, 5.74) is -6.75. The van der Waals surface area contributed by atoms with Gasteiger partial charge in [-0.2, -0.15) is 26.3 Å². The van der Waals surface area contributed by atoms with Crippen LogP contribution in [0.3, 0.4) is 0 Å². The fourth-order valence-electron chi connectivity index (χ4n) is 3.56. The maximum atomic E-state index is 13.6. The summed E-state index contributed by atoms with van der Waals surface area (Å²) in [6.07, 6.45) is -3.47. The SMILES string of the molecule is CC(C)COCc1nc(Nc2ccc(S(=O)(=O)C(F)(F)F)cc2)c2ccc(-c3ncccc3C(F)(F)F)nc2n1. The molecule has 0 unspecified atom stereocenters. The molecule has 4 rings (SSSR count). The lowest BCUT2D eigenvalue weighted by Gasteiger charge is -2.14. The molecule has 4 aromatic rings. The Labute approximate surface area is 224 Å². The number of pyridine rings is 2. The van der Waals surface area contributed by atoms with E-state index in [1.165, 1.54) is 18.3 Å². The maximum Gasteiger partial charge on any atom is 0.501 e. The lowest BCUT2D eigenvalue weighted by molar-refractivity contribution is -0.137. The minimum atomic E-state index is -5.54. The van der Waals surface area contributed by atoms with Crippen molar-refractivity contribution >= 4 is 32.4 Å². The van der Waals surface area contributed by atoms with E-state index in [0.717, 1.165) is 36.4 Å². The first-order valence-electron chi connectivity index (χ1n) is 11.6. The van der Waals surface area contributed by atoms with Crippen molar-refractivity contribution in [3.63, 3.8) is 0 Å². The number of sulfone groups is 1. The topological polar surface area (TPSA) is 107 Å². The first kappa shape index (κ1) is 29.1. The molecular weight excluding hydrogens is 564 g/mol. The fraction of sp³-hybridized carbons (Fsp3) is 0.280. The Bertz CT molecular complexity index is 1630. The number of benzene rings is 1. The smallest absolute Gasteiger partial charge is 0.373 e. The molecular formula is C25H21F6N5O3S. The highest BCUT2D eigenvalue weighted by Gasteiger charge is 2.46. The van der Waals surface area contributed by atoms with Crippen LogP contribution in [0.15, 0.2) is 59.6 Å². The molecule has 8 nitrogen and oxygen atoms in total. The summed E-state index contributed by atoms with van der Waals surface area (Å²) < 4.78 is 108. The van der Waals surface area contributed by atoms with Gasteiger partial charge >= 0.3 is 11.7 Å². The predicted octanol–water partition coefficient (Wildman–Crippen LogP) is 6.32. The molecule has 0 bridgehead atoms. The van der Waals surface area contributed by atoms with Crippen LogP contribution in [0.2, 0.25) is 0 Å². The largest absolute Gasteiger partial charge is 0.501 e. The number of nitrogens with one attached hydrogen (secondary N) is 1. The summed E-state index contributed by atoms with van der Waals surface area (Å²) in [6.45, 7) is 4.16. The van der Waals surface area contributed by atoms with Crippen LogP contribution in [-0.4, -0.2) is 40.5 Å². The first-order valence-corrected chi connectivity index (χ1v) is 13.1. The van der Waals surface area contributed by atoms with Crippen molar-refractivity contribution in [1.82, 2.24) is 19.9 Å². The van der Waals surface area contributed by atoms with Crippen LogP contribution in [0.5, 0.6) is 0 Å². The number of anilines is 2. The van der Waals surface area contributed by atoms with E-state index in [2.05, 4.69) is 25.3 Å². The van der Waals surface area contributed by atoms with Gasteiger partial charge in [-0.25, -0.2) is 23.4 Å². The van der Waals surface area contributed by atoms with Crippen molar-refractivity contribution in [2.24, 2.45) is 5.92 Å². The summed E-state index contributed by atoms with van der Waals surface area (Å²) in [4.78, 5) is 15.9. The molecule has 0 amide bonds. The van der Waals surface area contributed by atoms with Gasteiger partial charge in [0, 0.05) is 18.5 Å². The van der Waals surface area contributed by atoms with Crippen molar-refractivity contribution in [2.45, 2.75) is 37.0 Å². The molecule has 0 spiro atoms. The van der Waals surface area contributed by atoms with Gasteiger partial charge in [0.25, 0.3) is 9.84 Å². The van der Waals surface area contributed by atoms with E-state index in [4.69, 9.17) is 4.74 Å². The zero-order valence-corrected chi connectivity index (χ0v) is 21.7. The average Bonchev–Trinajstić information content (AvgIpc) is 2.87. The number of hydrogen-bond acceptors (Lipinski definition) is 8. The van der Waals surface area contributed by atoms with Gasteiger partial charge in [-0.3, -0.25) is 4.98 Å². The molecule has 0 aliphatic rings. The number of rotatable bonds is 8. The number of ether oxygens (including phenoxy) is 1. The summed E-state index contributed by atoms with van der Waals surface area (Å²) in [7, 11) is -5.54. The number of aromatic nitrogens is 4. The van der Waals surface area contributed by atoms with Gasteiger partial charge in [0.1, 0.15) is 18.1 Å². The second-order valence-electron chi connectivity index (χ2n) is 8.96. The van der Waals surface area contributed by atoms with E-state index in [1.807, 2.05) is 13.8 Å². The molecule has 0 radical (unpaired) electrons. The molecule has 3 heterocycles. The van der Waals surface area contributed by atoms with Crippen molar-refractivity contribution in [1.29, 1.82) is 0 Å². The quantitative estimate of drug-likeness (QED) is 0.240. The van der Waals surface area contributed by atoms with E-state index < -0.39 is 37.7 Å². The Hall–Kier alpha value is -3.85. The first-order chi connectivity index (χ1) is 18.7. The highest BCUT2D eigenvalue weighted by atomic mass is 32.2. The van der Waals surface area contributed by atoms with Gasteiger partial charge in [-0.05, 0) is 54.4 Å². The number of alkyl halides is 6. The highest BCUT2D eigenvalue weighted by molar-refractivity contribution is 7.92. The van der Waals surface area contributed by atoms with Gasteiger partial charge in [0.2, 0.25) is 0 Å². The molecule has 0 atom stereocenters. The Morgan fingerprint density at radius 1 is 0.925 bits per heavy atom. The minimum Gasteiger partial charge on any atom is -0.373 e. The molecule has 0 aliphatic carbocycles. The van der Waals surface area contributed by atoms with Gasteiger partial charge in [0.05, 0.1) is 21.5 Å². The normalized spacial score (nSPS) is 12.7. The van der Waals surface area contributed by atoms with Gasteiger partial charge in [-0.1, -0.05) is 13.8 Å². The van der Waals surface area contributed by atoms with Crippen LogP contribution in [0.25, 0.3) is 22.4 Å². The molecule has 0 aliphatic heterocycles. The molecule has 1 N–H and O–H groups in total. The Morgan fingerprint density at radius 3 is 2.25 bits per heavy atom. The van der Waals surface area contributed by atoms with Crippen LogP contribution < -0.4 is 5.32 Å². The van der Waals surface area contributed by atoms with E-state index in [0.29, 0.717) is 6.61 Å². The highest BCUT2D eigenvalue weighted by Crippen LogP contribution is 2.36. The minimum absolute atomic E-state index is 0.00759. The number of fused-ring (bicyclic) bond motifs is 1. The van der Waals surface area contributed by atoms with Crippen molar-refractivity contribution < 1.29 is 39.5 Å². The summed E-state index contributed by atoms with van der Waals surface area (Å²) in [5.74, 6) is 0.448.